The molecular weight excluding hydrogens is 1240 g/mol. The average Bonchev–Trinajstić information content (AvgIpc) is 0.671. The van der Waals surface area contributed by atoms with E-state index in [1.807, 2.05) is 13.8 Å². The normalized spacial score (nSPS) is 52.6. The molecule has 0 radical (unpaired) electrons. The highest BCUT2D eigenvalue weighted by molar-refractivity contribution is 5.87. The van der Waals surface area contributed by atoms with Crippen LogP contribution < -0.4 is 0 Å². The number of carboxylic acid groups (broad SMARTS) is 1. The van der Waals surface area contributed by atoms with Crippen LogP contribution in [-0.2, 0) is 61.7 Å². The molecule has 29 nitrogen and oxygen atoms in total. The molecule has 0 spiro atoms. The molecule has 35 atom stereocenters. The van der Waals surface area contributed by atoms with E-state index in [0.29, 0.717) is 56.9 Å². The predicted molar refractivity (Wildman–Crippen MR) is 319 cm³/mol. The standard InChI is InChI=1S/C65H104O29/c1-12-25(2)54(83)88-36-21-60(5,6)19-29-28-13-14-33-62(9)17-16-35(61(7,8)32(62)15-18-63(33,10)64(28,11)20-34(69)65(29,36)24-68)89-59-52(94-56-46(79)42(75)39(72)30(22-66)86-56)48(47(80)49(91-59)53(81)82)90-58-51(44(77)40(73)31(23-67)87-58)93-57-50(43(76)38(71)27(4)85-57)92-55-45(78)41(74)37(70)26(3)84-55/h12-13,26-27,29-52,55-59,66-80H,14-24H2,1-11H3,(H,81,82)/b25-12-/t26-,27-,29-,30+,31+,32-,33+,34+,35-,36-,37-,38-,39+,40-,41+,42-,43+,44-,45+,46+,47-,48-,49-,50-,51+,52+,55-,56+,57-,58-,59+,62-,63+,64+,65-/m0/s1. The van der Waals surface area contributed by atoms with Crippen LogP contribution in [0.4, 0.5) is 0 Å². The quantitative estimate of drug-likeness (QED) is 0.0340. The summed E-state index contributed by atoms with van der Waals surface area (Å²) in [5.74, 6) is -2.69. The van der Waals surface area contributed by atoms with E-state index in [1.165, 1.54) is 13.8 Å². The van der Waals surface area contributed by atoms with Crippen LogP contribution in [0, 0.1) is 50.2 Å². The van der Waals surface area contributed by atoms with Gasteiger partial charge in [0.25, 0.3) is 0 Å². The molecule has 5 aliphatic heterocycles. The molecule has 0 aromatic heterocycles. The third-order valence-corrected chi connectivity index (χ3v) is 24.6. The molecule has 16 N–H and O–H groups in total. The molecule has 4 saturated carbocycles. The monoisotopic (exact) mass is 1350 g/mol. The van der Waals surface area contributed by atoms with Crippen molar-refractivity contribution in [1.29, 1.82) is 0 Å². The number of hydrogen-bond acceptors (Lipinski definition) is 28. The lowest BCUT2D eigenvalue weighted by Gasteiger charge is -2.72. The van der Waals surface area contributed by atoms with E-state index in [1.54, 1.807) is 19.9 Å². The van der Waals surface area contributed by atoms with Gasteiger partial charge in [-0.1, -0.05) is 66.2 Å². The van der Waals surface area contributed by atoms with E-state index in [9.17, 15) is 91.3 Å². The predicted octanol–water partition coefficient (Wildman–Crippen LogP) is -2.13. The summed E-state index contributed by atoms with van der Waals surface area (Å²) in [6.45, 7) is 18.9. The minimum atomic E-state index is -2.34. The molecule has 5 heterocycles. The highest BCUT2D eigenvalue weighted by atomic mass is 16.8. The molecule has 0 aromatic rings. The lowest BCUT2D eigenvalue weighted by Crippen LogP contribution is -2.70. The molecule has 0 unspecified atom stereocenters. The zero-order valence-corrected chi connectivity index (χ0v) is 55.3. The number of carbonyl (C=O) groups is 2. The number of aliphatic carboxylic acids is 1. The second kappa shape index (κ2) is 27.4. The Balaban J connectivity index is 0.976. The SMILES string of the molecule is C/C=C(/C)C(=O)O[C@H]1CC(C)(C)C[C@H]2C3=CC[C@@H]4[C@@]5(C)CC[C@H](O[C@@H]6O[C@H](C(=O)O)[C@@H](O)[C@H](O[C@@H]7O[C@H](CO)[C@H](O)[C@H](O)[C@H]7O[C@@H]7O[C@@H](C)[C@H](O)[C@@H](O)[C@@H]7O[C@@H]7O[C@@H](C)[C@H](O)[C@@H](O)[C@H]7O)[C@H]6O[C@H]6O[C@H](CO)[C@@H](O)[C@H](O)[C@H]6O)C(C)(C)[C@@H]5CC[C@@]4(C)[C@]3(C)C[C@@H](O)[C@@]12CO. The first-order valence-corrected chi connectivity index (χ1v) is 33.2. The van der Waals surface area contributed by atoms with Crippen molar-refractivity contribution in [1.82, 2.24) is 0 Å². The largest absolute Gasteiger partial charge is 0.479 e. The smallest absolute Gasteiger partial charge is 0.335 e. The summed E-state index contributed by atoms with van der Waals surface area (Å²) in [6, 6.07) is 0. The lowest BCUT2D eigenvalue weighted by molar-refractivity contribution is -0.412. The van der Waals surface area contributed by atoms with Gasteiger partial charge in [-0.3, -0.25) is 0 Å². The third-order valence-electron chi connectivity index (χ3n) is 24.6. The molecule has 0 bridgehead atoms. The van der Waals surface area contributed by atoms with Crippen LogP contribution in [0.1, 0.15) is 128 Å². The number of hydrogen-bond donors (Lipinski definition) is 16. The summed E-state index contributed by atoms with van der Waals surface area (Å²) in [7, 11) is 0. The van der Waals surface area contributed by atoms with Gasteiger partial charge in [0.1, 0.15) is 110 Å². The Hall–Kier alpha value is -2.58. The van der Waals surface area contributed by atoms with E-state index in [0.717, 1.165) is 5.57 Å². The van der Waals surface area contributed by atoms with Crippen LogP contribution in [0.5, 0.6) is 0 Å². The second-order valence-electron chi connectivity index (χ2n) is 30.7. The van der Waals surface area contributed by atoms with Crippen molar-refractivity contribution < 1.29 is 143 Å². The molecule has 10 aliphatic rings. The number of esters is 1. The highest BCUT2D eigenvalue weighted by Crippen LogP contribution is 2.76. The van der Waals surface area contributed by atoms with Gasteiger partial charge in [-0.25, -0.2) is 9.59 Å². The van der Waals surface area contributed by atoms with Crippen LogP contribution in [0.15, 0.2) is 23.3 Å². The summed E-state index contributed by atoms with van der Waals surface area (Å²) in [5, 5.41) is 180. The van der Waals surface area contributed by atoms with Gasteiger partial charge in [-0.05, 0) is 124 Å². The van der Waals surface area contributed by atoms with E-state index in [4.69, 9.17) is 52.1 Å². The number of rotatable bonds is 16. The fourth-order valence-corrected chi connectivity index (χ4v) is 18.7. The first-order chi connectivity index (χ1) is 43.9. The molecule has 0 amide bonds. The summed E-state index contributed by atoms with van der Waals surface area (Å²) in [5.41, 5.74) is -2.17. The van der Waals surface area contributed by atoms with E-state index in [2.05, 4.69) is 40.7 Å². The van der Waals surface area contributed by atoms with Crippen molar-refractivity contribution in [2.45, 2.75) is 299 Å². The fraction of sp³-hybridized carbons (Fsp3) is 0.908. The number of ether oxygens (including phenoxy) is 11. The summed E-state index contributed by atoms with van der Waals surface area (Å²) in [6.07, 6.45) is -42.1. The zero-order valence-electron chi connectivity index (χ0n) is 55.3. The second-order valence-corrected chi connectivity index (χ2v) is 30.7. The van der Waals surface area contributed by atoms with Gasteiger partial charge >= 0.3 is 11.9 Å². The number of carbonyl (C=O) groups excluding carboxylic acids is 1. The third kappa shape index (κ3) is 12.4. The summed E-state index contributed by atoms with van der Waals surface area (Å²) < 4.78 is 68.1. The van der Waals surface area contributed by atoms with Gasteiger partial charge in [0, 0.05) is 5.57 Å². The summed E-state index contributed by atoms with van der Waals surface area (Å²) in [4.78, 5) is 26.9. The average molecular weight is 1350 g/mol. The molecule has 29 heteroatoms. The molecule has 538 valence electrons. The molecule has 5 saturated heterocycles. The number of allylic oxidation sites excluding steroid dienone is 3. The van der Waals surface area contributed by atoms with Crippen molar-refractivity contribution >= 4 is 11.9 Å². The highest BCUT2D eigenvalue weighted by Gasteiger charge is 2.72. The van der Waals surface area contributed by atoms with Gasteiger partial charge in [0.05, 0.1) is 49.7 Å². The minimum Gasteiger partial charge on any atom is -0.479 e. The van der Waals surface area contributed by atoms with E-state index < -0.39 is 231 Å². The first kappa shape index (κ1) is 74.1. The summed E-state index contributed by atoms with van der Waals surface area (Å²) >= 11 is 0. The fourth-order valence-electron chi connectivity index (χ4n) is 18.7. The Morgan fingerprint density at radius 2 is 1.06 bits per heavy atom. The zero-order chi connectivity index (χ0) is 69.2. The van der Waals surface area contributed by atoms with E-state index >= 15 is 0 Å². The van der Waals surface area contributed by atoms with E-state index in [-0.39, 0.29) is 23.2 Å². The van der Waals surface area contributed by atoms with Crippen LogP contribution in [0.2, 0.25) is 0 Å². The lowest BCUT2D eigenvalue weighted by atomic mass is 9.33. The topological polar surface area (TPSA) is 459 Å². The van der Waals surface area contributed by atoms with Crippen molar-refractivity contribution in [3.8, 4) is 0 Å². The number of aliphatic hydroxyl groups is 15. The van der Waals surface area contributed by atoms with Gasteiger partial charge in [0.2, 0.25) is 0 Å². The Morgan fingerprint density at radius 1 is 0.553 bits per heavy atom. The molecular formula is C65H104O29. The molecule has 94 heavy (non-hydrogen) atoms. The number of carboxylic acids is 1. The van der Waals surface area contributed by atoms with Crippen molar-refractivity contribution in [2.75, 3.05) is 19.8 Å². The van der Waals surface area contributed by atoms with Gasteiger partial charge < -0.3 is 134 Å². The number of fused-ring (bicyclic) bond motifs is 7. The van der Waals surface area contributed by atoms with Crippen molar-refractivity contribution in [3.63, 3.8) is 0 Å². The Morgan fingerprint density at radius 3 is 1.66 bits per heavy atom. The maximum Gasteiger partial charge on any atom is 0.335 e. The number of aliphatic hydroxyl groups excluding tert-OH is 15. The van der Waals surface area contributed by atoms with Gasteiger partial charge in [-0.15, -0.1) is 0 Å². The first-order valence-electron chi connectivity index (χ1n) is 33.2. The Labute approximate surface area is 546 Å². The van der Waals surface area contributed by atoms with Gasteiger partial charge in [0.15, 0.2) is 37.6 Å². The van der Waals surface area contributed by atoms with Crippen LogP contribution in [-0.4, -0.2) is 285 Å². The maximum atomic E-state index is 13.5. The van der Waals surface area contributed by atoms with Crippen molar-refractivity contribution in [2.24, 2.45) is 50.2 Å². The molecule has 0 aromatic carbocycles. The maximum absolute atomic E-state index is 13.5. The Kier molecular flexibility index (Phi) is 21.6. The van der Waals surface area contributed by atoms with Crippen LogP contribution in [0.3, 0.4) is 0 Å². The van der Waals surface area contributed by atoms with Crippen LogP contribution >= 0.6 is 0 Å². The molecule has 5 aliphatic carbocycles. The molecule has 9 fully saturated rings. The Bertz CT molecular complexity index is 2730. The van der Waals surface area contributed by atoms with Crippen molar-refractivity contribution in [3.05, 3.63) is 23.3 Å². The minimum absolute atomic E-state index is 0.0131. The van der Waals surface area contributed by atoms with Crippen LogP contribution in [0.25, 0.3) is 0 Å². The van der Waals surface area contributed by atoms with Gasteiger partial charge in [-0.2, -0.15) is 0 Å². The molecule has 10 rings (SSSR count).